The van der Waals surface area contributed by atoms with Gasteiger partial charge in [-0.3, -0.25) is 28.9 Å². The molecule has 2 heterocycles. The molecule has 2 N–H and O–H groups in total. The van der Waals surface area contributed by atoms with Gasteiger partial charge in [0, 0.05) is 18.9 Å². The molecule has 2 aromatic carbocycles. The van der Waals surface area contributed by atoms with Crippen LogP contribution < -0.4 is 4.90 Å². The number of nitrogens with zero attached hydrogens (tertiary/aromatic N) is 2. The third kappa shape index (κ3) is 4.13. The number of carbonyl (C=O) groups is 5. The molecule has 1 saturated carbocycles. The molecule has 224 valence electrons. The number of phenols is 1. The van der Waals surface area contributed by atoms with E-state index in [4.69, 9.17) is 28.3 Å². The van der Waals surface area contributed by atoms with Gasteiger partial charge in [0.25, 0.3) is 11.8 Å². The van der Waals surface area contributed by atoms with Gasteiger partial charge in [0.2, 0.25) is 11.8 Å². The van der Waals surface area contributed by atoms with Crippen molar-refractivity contribution in [1.82, 2.24) is 4.90 Å². The lowest BCUT2D eigenvalue weighted by Gasteiger charge is -2.50. The summed E-state index contributed by atoms with van der Waals surface area (Å²) in [6.45, 7) is 1.61. The summed E-state index contributed by atoms with van der Waals surface area (Å²) in [5, 5.41) is 19.3. The second-order valence-corrected chi connectivity index (χ2v) is 12.9. The number of aliphatic carboxylic acids is 1. The Morgan fingerprint density at radius 3 is 2.37 bits per heavy atom. The third-order valence-electron chi connectivity index (χ3n) is 9.31. The summed E-state index contributed by atoms with van der Waals surface area (Å²) in [4.78, 5) is 64.5. The van der Waals surface area contributed by atoms with Crippen LogP contribution in [0.5, 0.6) is 5.75 Å². The van der Waals surface area contributed by atoms with Gasteiger partial charge < -0.3 is 10.2 Å². The molecule has 3 fully saturated rings. The summed E-state index contributed by atoms with van der Waals surface area (Å²) in [5.41, 5.74) is 1.64. The average molecular weight is 629 g/mol. The van der Waals surface area contributed by atoms with Crippen LogP contribution in [0.3, 0.4) is 0 Å². The van der Waals surface area contributed by atoms with Crippen LogP contribution in [0.25, 0.3) is 0 Å². The molecule has 0 aromatic heterocycles. The average Bonchev–Trinajstić information content (AvgIpc) is 3.29. The fourth-order valence-electron chi connectivity index (χ4n) is 7.30. The van der Waals surface area contributed by atoms with Crippen LogP contribution in [0.2, 0.25) is 0 Å². The number of carboxylic acid groups (broad SMARTS) is 1. The standard InChI is InChI=1S/C31H27Cl2FN2O7/c1-15-13-16(4-11-22(15)37)25-19-9-10-20-24(27(41)35(26(20)40)12-2-3-23(38)39)21(19)14-30(32)28(42)36(29(43)31(25,30)33)18-7-5-17(34)6-8-18/h4-9,11,13,20-21,24-25,37H,2-3,10,12,14H2,1H3,(H,38,39). The predicted molar refractivity (Wildman–Crippen MR) is 153 cm³/mol. The van der Waals surface area contributed by atoms with E-state index in [-0.39, 0.29) is 43.7 Å². The number of carbonyl (C=O) groups excluding carboxylic acids is 4. The minimum Gasteiger partial charge on any atom is -0.508 e. The van der Waals surface area contributed by atoms with Gasteiger partial charge in [-0.05, 0) is 73.6 Å². The Morgan fingerprint density at radius 2 is 1.72 bits per heavy atom. The van der Waals surface area contributed by atoms with Gasteiger partial charge in [-0.1, -0.05) is 23.8 Å². The zero-order valence-electron chi connectivity index (χ0n) is 22.9. The molecule has 6 atom stereocenters. The number of benzene rings is 2. The van der Waals surface area contributed by atoms with E-state index in [1.54, 1.807) is 25.1 Å². The number of aryl methyl sites for hydroxylation is 1. The van der Waals surface area contributed by atoms with Crippen LogP contribution in [0, 0.1) is 30.5 Å². The number of hydrogen-bond donors (Lipinski definition) is 2. The first kappa shape index (κ1) is 29.3. The second kappa shape index (κ2) is 10.2. The zero-order chi connectivity index (χ0) is 31.0. The van der Waals surface area contributed by atoms with Crippen molar-refractivity contribution in [2.24, 2.45) is 17.8 Å². The number of aromatic hydroxyl groups is 1. The van der Waals surface area contributed by atoms with Gasteiger partial charge in [-0.25, -0.2) is 9.29 Å². The van der Waals surface area contributed by atoms with Crippen molar-refractivity contribution >= 4 is 58.5 Å². The summed E-state index contributed by atoms with van der Waals surface area (Å²) in [7, 11) is 0. The predicted octanol–water partition coefficient (Wildman–Crippen LogP) is 4.27. The van der Waals surface area contributed by atoms with E-state index in [1.165, 1.54) is 18.2 Å². The number of halogens is 3. The molecule has 12 heteroatoms. The molecule has 4 amide bonds. The lowest BCUT2D eigenvalue weighted by Crippen LogP contribution is -2.60. The molecule has 6 rings (SSSR count). The fraction of sp³-hybridized carbons (Fsp3) is 0.387. The molecular weight excluding hydrogens is 602 g/mol. The summed E-state index contributed by atoms with van der Waals surface area (Å²) in [5.74, 6) is -7.52. The molecule has 9 nitrogen and oxygen atoms in total. The third-order valence-corrected chi connectivity index (χ3v) is 10.7. The van der Waals surface area contributed by atoms with E-state index in [0.29, 0.717) is 16.7 Å². The highest BCUT2D eigenvalue weighted by atomic mass is 35.5. The smallest absolute Gasteiger partial charge is 0.303 e. The minimum atomic E-state index is -2.06. The number of allylic oxidation sites excluding steroid dienone is 2. The molecule has 0 radical (unpaired) electrons. The van der Waals surface area contributed by atoms with Crippen molar-refractivity contribution in [3.05, 3.63) is 71.1 Å². The first-order valence-corrected chi connectivity index (χ1v) is 14.7. The van der Waals surface area contributed by atoms with Gasteiger partial charge in [0.15, 0.2) is 9.75 Å². The number of amides is 4. The highest BCUT2D eigenvalue weighted by Gasteiger charge is 2.76. The highest BCUT2D eigenvalue weighted by molar-refractivity contribution is 6.58. The zero-order valence-corrected chi connectivity index (χ0v) is 24.4. The van der Waals surface area contributed by atoms with E-state index in [0.717, 1.165) is 21.9 Å². The largest absolute Gasteiger partial charge is 0.508 e. The Kier molecular flexibility index (Phi) is 6.93. The number of carboxylic acids is 1. The Balaban J connectivity index is 1.49. The van der Waals surface area contributed by atoms with E-state index in [1.807, 2.05) is 0 Å². The maximum atomic E-state index is 14.3. The highest BCUT2D eigenvalue weighted by Crippen LogP contribution is 2.65. The Hall–Kier alpha value is -3.76. The van der Waals surface area contributed by atoms with E-state index in [9.17, 15) is 33.5 Å². The van der Waals surface area contributed by atoms with Crippen LogP contribution in [-0.2, 0) is 24.0 Å². The van der Waals surface area contributed by atoms with Crippen LogP contribution >= 0.6 is 23.2 Å². The quantitative estimate of drug-likeness (QED) is 0.277. The molecule has 6 unspecified atom stereocenters. The molecule has 4 aliphatic rings. The van der Waals surface area contributed by atoms with Crippen molar-refractivity contribution in [3.63, 3.8) is 0 Å². The summed E-state index contributed by atoms with van der Waals surface area (Å²) >= 11 is 14.6. The monoisotopic (exact) mass is 628 g/mol. The van der Waals surface area contributed by atoms with Crippen molar-refractivity contribution < 1.29 is 38.6 Å². The molecule has 43 heavy (non-hydrogen) atoms. The summed E-state index contributed by atoms with van der Waals surface area (Å²) in [6.07, 6.45) is 1.63. The number of likely N-dealkylation sites (tertiary alicyclic amines) is 1. The number of fused-ring (bicyclic) bond motifs is 4. The van der Waals surface area contributed by atoms with E-state index < -0.39 is 68.8 Å². The number of hydrogen-bond acceptors (Lipinski definition) is 6. The number of rotatable bonds is 6. The van der Waals surface area contributed by atoms with Crippen molar-refractivity contribution in [2.45, 2.75) is 48.3 Å². The van der Waals surface area contributed by atoms with Gasteiger partial charge in [-0.2, -0.15) is 0 Å². The first-order chi connectivity index (χ1) is 20.3. The van der Waals surface area contributed by atoms with Gasteiger partial charge in [0.1, 0.15) is 11.6 Å². The lowest BCUT2D eigenvalue weighted by atomic mass is 9.56. The maximum Gasteiger partial charge on any atom is 0.303 e. The van der Waals surface area contributed by atoms with Crippen molar-refractivity contribution in [2.75, 3.05) is 11.4 Å². The molecule has 2 aliphatic carbocycles. The topological polar surface area (TPSA) is 132 Å². The van der Waals surface area contributed by atoms with Crippen LogP contribution in [0.15, 0.2) is 54.1 Å². The number of anilines is 1. The molecule has 2 aromatic rings. The summed E-state index contributed by atoms with van der Waals surface area (Å²) in [6, 6.07) is 9.45. The Labute approximate surface area is 255 Å². The molecule has 0 bridgehead atoms. The van der Waals surface area contributed by atoms with Crippen LogP contribution in [0.4, 0.5) is 10.1 Å². The van der Waals surface area contributed by atoms with Gasteiger partial charge in [-0.15, -0.1) is 23.2 Å². The maximum absolute atomic E-state index is 14.3. The van der Waals surface area contributed by atoms with E-state index >= 15 is 0 Å². The van der Waals surface area contributed by atoms with Crippen molar-refractivity contribution in [3.8, 4) is 5.75 Å². The molecule has 0 spiro atoms. The minimum absolute atomic E-state index is 0.00453. The van der Waals surface area contributed by atoms with Gasteiger partial charge >= 0.3 is 5.97 Å². The van der Waals surface area contributed by atoms with Crippen LogP contribution in [-0.4, -0.2) is 61.0 Å². The Bertz CT molecular complexity index is 1630. The Morgan fingerprint density at radius 1 is 1.02 bits per heavy atom. The van der Waals surface area contributed by atoms with E-state index in [2.05, 4.69) is 0 Å². The normalized spacial score (nSPS) is 31.6. The number of alkyl halides is 2. The first-order valence-electron chi connectivity index (χ1n) is 13.9. The van der Waals surface area contributed by atoms with Crippen LogP contribution in [0.1, 0.15) is 42.7 Å². The summed E-state index contributed by atoms with van der Waals surface area (Å²) < 4.78 is 13.7. The molecule has 2 saturated heterocycles. The second-order valence-electron chi connectivity index (χ2n) is 11.6. The molecular formula is C31H27Cl2FN2O7. The number of phenolic OH excluding ortho intramolecular Hbond substituents is 1. The molecule has 2 aliphatic heterocycles. The SMILES string of the molecule is Cc1cc(C2C3=CCC4C(=O)N(CCCC(=O)O)C(=O)C4C3CC3(Cl)C(=O)N(c4ccc(F)cc4)C(=O)C23Cl)ccc1O. The number of imide groups is 2. The fourth-order valence-corrected chi connectivity index (χ4v) is 8.24. The van der Waals surface area contributed by atoms with Crippen molar-refractivity contribution in [1.29, 1.82) is 0 Å². The van der Waals surface area contributed by atoms with Gasteiger partial charge in [0.05, 0.1) is 17.5 Å². The lowest BCUT2D eigenvalue weighted by molar-refractivity contribution is -0.142.